The molecule has 0 aliphatic carbocycles. The highest BCUT2D eigenvalue weighted by Crippen LogP contribution is 2.42. The van der Waals surface area contributed by atoms with E-state index in [9.17, 15) is 5.11 Å². The Morgan fingerprint density at radius 1 is 1.77 bits per heavy atom. The maximum Gasteiger partial charge on any atom is 0.0720 e. The zero-order chi connectivity index (χ0) is 9.47. The first-order chi connectivity index (χ1) is 6.23. The molecule has 2 saturated heterocycles. The number of fused-ring (bicyclic) bond motifs is 1. The van der Waals surface area contributed by atoms with Crippen LogP contribution in [0.25, 0.3) is 0 Å². The van der Waals surface area contributed by atoms with Crippen molar-refractivity contribution in [2.75, 3.05) is 26.8 Å². The first-order valence-corrected chi connectivity index (χ1v) is 4.80. The number of hydrogen-bond donors (Lipinski definition) is 1. The van der Waals surface area contributed by atoms with Gasteiger partial charge in [-0.3, -0.25) is 4.90 Å². The van der Waals surface area contributed by atoms with Gasteiger partial charge in [-0.2, -0.15) is 0 Å². The van der Waals surface area contributed by atoms with Crippen LogP contribution in [0.3, 0.4) is 0 Å². The molecule has 0 saturated carbocycles. The molecule has 2 unspecified atom stereocenters. The van der Waals surface area contributed by atoms with E-state index in [1.165, 1.54) is 5.57 Å². The second-order valence-corrected chi connectivity index (χ2v) is 4.05. The van der Waals surface area contributed by atoms with E-state index in [1.807, 2.05) is 0 Å². The minimum atomic E-state index is -0.152. The molecule has 74 valence electrons. The molecule has 1 N–H and O–H groups in total. The maximum absolute atomic E-state index is 9.45. The van der Waals surface area contributed by atoms with Crippen molar-refractivity contribution in [1.82, 2.24) is 4.90 Å². The summed E-state index contributed by atoms with van der Waals surface area (Å²) in [6, 6.07) is 0. The normalized spacial score (nSPS) is 39.8. The van der Waals surface area contributed by atoms with Crippen LogP contribution in [0.5, 0.6) is 0 Å². The molecular formula is C10H17NO2. The minimum absolute atomic E-state index is 0.152. The third-order valence-electron chi connectivity index (χ3n) is 3.53. The summed E-state index contributed by atoms with van der Waals surface area (Å²) >= 11 is 0. The maximum atomic E-state index is 9.45. The number of aliphatic hydroxyl groups is 1. The molecule has 0 radical (unpaired) electrons. The lowest BCUT2D eigenvalue weighted by atomic mass is 9.90. The van der Waals surface area contributed by atoms with E-state index >= 15 is 0 Å². The molecule has 0 aromatic heterocycles. The summed E-state index contributed by atoms with van der Waals surface area (Å²) in [5.41, 5.74) is 1.02. The Hall–Kier alpha value is -0.380. The first kappa shape index (κ1) is 9.19. The number of methoxy groups -OCH3 is 1. The number of ether oxygens (including phenoxy) is 1. The molecule has 0 aromatic rings. The molecule has 3 nitrogen and oxygen atoms in total. The summed E-state index contributed by atoms with van der Waals surface area (Å²) in [5, 5.41) is 9.45. The topological polar surface area (TPSA) is 32.7 Å². The Balaban J connectivity index is 2.21. The van der Waals surface area contributed by atoms with Gasteiger partial charge in [-0.1, -0.05) is 12.2 Å². The standard InChI is InChI=1S/C10H17NO2/c1-8-3-4-11-6-9(13-2)5-10(8,11)7-12/h9,12H,1,3-7H2,2H3. The Morgan fingerprint density at radius 2 is 2.54 bits per heavy atom. The lowest BCUT2D eigenvalue weighted by molar-refractivity contribution is 0.107. The van der Waals surface area contributed by atoms with Crippen LogP contribution < -0.4 is 0 Å². The van der Waals surface area contributed by atoms with Gasteiger partial charge >= 0.3 is 0 Å². The van der Waals surface area contributed by atoms with Crippen LogP contribution in [0.4, 0.5) is 0 Å². The van der Waals surface area contributed by atoms with Crippen molar-refractivity contribution in [3.8, 4) is 0 Å². The average Bonchev–Trinajstić information content (AvgIpc) is 2.64. The summed E-state index contributed by atoms with van der Waals surface area (Å²) in [7, 11) is 1.74. The zero-order valence-corrected chi connectivity index (χ0v) is 8.12. The van der Waals surface area contributed by atoms with Crippen molar-refractivity contribution in [3.63, 3.8) is 0 Å². The quantitative estimate of drug-likeness (QED) is 0.629. The van der Waals surface area contributed by atoms with Crippen LogP contribution in [-0.4, -0.2) is 48.5 Å². The third-order valence-corrected chi connectivity index (χ3v) is 3.53. The van der Waals surface area contributed by atoms with Crippen molar-refractivity contribution in [2.24, 2.45) is 0 Å². The molecule has 0 amide bonds. The molecule has 13 heavy (non-hydrogen) atoms. The fraction of sp³-hybridized carbons (Fsp3) is 0.800. The largest absolute Gasteiger partial charge is 0.394 e. The Morgan fingerprint density at radius 3 is 3.08 bits per heavy atom. The smallest absolute Gasteiger partial charge is 0.0720 e. The highest BCUT2D eigenvalue weighted by Gasteiger charge is 2.50. The van der Waals surface area contributed by atoms with E-state index in [0.29, 0.717) is 0 Å². The molecular weight excluding hydrogens is 166 g/mol. The van der Waals surface area contributed by atoms with Gasteiger partial charge in [0.2, 0.25) is 0 Å². The van der Waals surface area contributed by atoms with Crippen LogP contribution in [0.2, 0.25) is 0 Å². The summed E-state index contributed by atoms with van der Waals surface area (Å²) in [4.78, 5) is 2.31. The van der Waals surface area contributed by atoms with Crippen molar-refractivity contribution in [2.45, 2.75) is 24.5 Å². The van der Waals surface area contributed by atoms with Gasteiger partial charge in [-0.25, -0.2) is 0 Å². The third kappa shape index (κ3) is 1.15. The predicted octanol–water partition coefficient (Wildman–Crippen LogP) is 0.398. The Bertz CT molecular complexity index is 229. The van der Waals surface area contributed by atoms with E-state index < -0.39 is 0 Å². The molecule has 0 aromatic carbocycles. The van der Waals surface area contributed by atoms with Crippen LogP contribution in [-0.2, 0) is 4.74 Å². The lowest BCUT2D eigenvalue weighted by Crippen LogP contribution is -2.42. The number of nitrogens with zero attached hydrogens (tertiary/aromatic N) is 1. The van der Waals surface area contributed by atoms with E-state index in [-0.39, 0.29) is 18.2 Å². The second kappa shape index (κ2) is 3.08. The van der Waals surface area contributed by atoms with Gasteiger partial charge in [-0.15, -0.1) is 0 Å². The van der Waals surface area contributed by atoms with Gasteiger partial charge in [0.1, 0.15) is 0 Å². The number of rotatable bonds is 2. The predicted molar refractivity (Wildman–Crippen MR) is 50.6 cm³/mol. The molecule has 2 rings (SSSR count). The fourth-order valence-corrected chi connectivity index (χ4v) is 2.60. The number of aliphatic hydroxyl groups excluding tert-OH is 1. The summed E-state index contributed by atoms with van der Waals surface area (Å²) in [5.74, 6) is 0. The van der Waals surface area contributed by atoms with E-state index in [2.05, 4.69) is 11.5 Å². The summed E-state index contributed by atoms with van der Waals surface area (Å²) in [6.07, 6.45) is 2.19. The van der Waals surface area contributed by atoms with Gasteiger partial charge in [-0.05, 0) is 12.8 Å². The molecule has 0 spiro atoms. The van der Waals surface area contributed by atoms with Gasteiger partial charge in [0, 0.05) is 20.2 Å². The monoisotopic (exact) mass is 183 g/mol. The van der Waals surface area contributed by atoms with E-state index in [4.69, 9.17) is 4.74 Å². The van der Waals surface area contributed by atoms with Gasteiger partial charge in [0.25, 0.3) is 0 Å². The minimum Gasteiger partial charge on any atom is -0.394 e. The van der Waals surface area contributed by atoms with Gasteiger partial charge < -0.3 is 9.84 Å². The van der Waals surface area contributed by atoms with Crippen LogP contribution >= 0.6 is 0 Å². The molecule has 2 heterocycles. The summed E-state index contributed by atoms with van der Waals surface area (Å²) < 4.78 is 5.33. The molecule has 3 heteroatoms. The van der Waals surface area contributed by atoms with Crippen molar-refractivity contribution < 1.29 is 9.84 Å². The van der Waals surface area contributed by atoms with E-state index in [1.54, 1.807) is 7.11 Å². The van der Waals surface area contributed by atoms with Crippen molar-refractivity contribution >= 4 is 0 Å². The number of hydrogen-bond acceptors (Lipinski definition) is 3. The second-order valence-electron chi connectivity index (χ2n) is 4.05. The molecule has 0 bridgehead atoms. The zero-order valence-electron chi connectivity index (χ0n) is 8.12. The molecule has 2 atom stereocenters. The Kier molecular flexibility index (Phi) is 2.18. The van der Waals surface area contributed by atoms with Gasteiger partial charge in [0.15, 0.2) is 0 Å². The highest BCUT2D eigenvalue weighted by atomic mass is 16.5. The fourth-order valence-electron chi connectivity index (χ4n) is 2.60. The lowest BCUT2D eigenvalue weighted by Gasteiger charge is -2.30. The Labute approximate surface area is 79.0 Å². The molecule has 2 aliphatic heterocycles. The molecule has 2 aliphatic rings. The van der Waals surface area contributed by atoms with Crippen molar-refractivity contribution in [1.29, 1.82) is 0 Å². The van der Waals surface area contributed by atoms with Crippen molar-refractivity contribution in [3.05, 3.63) is 12.2 Å². The average molecular weight is 183 g/mol. The molecule has 2 fully saturated rings. The SMILES string of the molecule is C=C1CCN2CC(OC)CC12CO. The summed E-state index contributed by atoms with van der Waals surface area (Å²) in [6.45, 7) is 6.21. The van der Waals surface area contributed by atoms with Gasteiger partial charge in [0.05, 0.1) is 18.2 Å². The van der Waals surface area contributed by atoms with E-state index in [0.717, 1.165) is 25.9 Å². The van der Waals surface area contributed by atoms with Crippen LogP contribution in [0.15, 0.2) is 12.2 Å². The van der Waals surface area contributed by atoms with Crippen LogP contribution in [0.1, 0.15) is 12.8 Å². The first-order valence-electron chi connectivity index (χ1n) is 4.80. The highest BCUT2D eigenvalue weighted by molar-refractivity contribution is 5.26. The van der Waals surface area contributed by atoms with Crippen LogP contribution in [0, 0.1) is 0 Å².